The minimum atomic E-state index is -3.40. The van der Waals surface area contributed by atoms with Crippen LogP contribution < -0.4 is 5.32 Å². The van der Waals surface area contributed by atoms with E-state index in [4.69, 9.17) is 4.74 Å². The molecule has 146 valence electrons. The average Bonchev–Trinajstić information content (AvgIpc) is 3.09. The van der Waals surface area contributed by atoms with Crippen LogP contribution in [0.25, 0.3) is 5.69 Å². The number of carbonyl (C=O) groups is 1. The number of anilines is 1. The van der Waals surface area contributed by atoms with Crippen LogP contribution in [0.3, 0.4) is 0 Å². The fourth-order valence-corrected chi connectivity index (χ4v) is 4.09. The molecule has 1 atom stereocenters. The summed E-state index contributed by atoms with van der Waals surface area (Å²) in [4.78, 5) is 14.5. The Morgan fingerprint density at radius 1 is 1.33 bits per heavy atom. The van der Waals surface area contributed by atoms with Crippen molar-refractivity contribution in [3.8, 4) is 5.69 Å². The maximum Gasteiger partial charge on any atom is 0.322 e. The molecule has 1 N–H and O–H groups in total. The summed E-state index contributed by atoms with van der Waals surface area (Å²) in [6.07, 6.45) is 6.03. The summed E-state index contributed by atoms with van der Waals surface area (Å²) in [5.41, 5.74) is 0.590. The molecule has 2 heterocycles. The third-order valence-corrected chi connectivity index (χ3v) is 5.93. The molecule has 9 heteroatoms. The molecule has 27 heavy (non-hydrogen) atoms. The quantitative estimate of drug-likeness (QED) is 0.862. The average molecular weight is 392 g/mol. The fourth-order valence-electron chi connectivity index (χ4n) is 3.23. The topological polar surface area (TPSA) is 93.5 Å². The number of rotatable bonds is 4. The number of piperidine rings is 1. The number of carbonyl (C=O) groups excluding carboxylic acids is 1. The lowest BCUT2D eigenvalue weighted by molar-refractivity contribution is -0.0389. The van der Waals surface area contributed by atoms with Gasteiger partial charge in [0.1, 0.15) is 0 Å². The highest BCUT2D eigenvalue weighted by molar-refractivity contribution is 7.90. The summed E-state index contributed by atoms with van der Waals surface area (Å²) in [5, 5.41) is 7.02. The van der Waals surface area contributed by atoms with Gasteiger partial charge in [-0.25, -0.2) is 17.9 Å². The van der Waals surface area contributed by atoms with Gasteiger partial charge in [0.25, 0.3) is 0 Å². The number of aromatic nitrogens is 2. The Kier molecular flexibility index (Phi) is 5.25. The Bertz CT molecular complexity index is 940. The van der Waals surface area contributed by atoms with Crippen LogP contribution in [0.2, 0.25) is 0 Å². The predicted molar refractivity (Wildman–Crippen MR) is 102 cm³/mol. The molecule has 0 spiro atoms. The van der Waals surface area contributed by atoms with Crippen LogP contribution in [0.5, 0.6) is 0 Å². The number of hydrogen-bond donors (Lipinski definition) is 1. The number of para-hydroxylation sites is 1. The zero-order valence-electron chi connectivity index (χ0n) is 15.7. The number of sulfone groups is 1. The van der Waals surface area contributed by atoms with Gasteiger partial charge in [-0.1, -0.05) is 12.1 Å². The monoisotopic (exact) mass is 392 g/mol. The van der Waals surface area contributed by atoms with Crippen molar-refractivity contribution in [2.45, 2.75) is 30.3 Å². The number of methoxy groups -OCH3 is 1. The second-order valence-corrected chi connectivity index (χ2v) is 9.01. The molecule has 1 aliphatic heterocycles. The van der Waals surface area contributed by atoms with Crippen LogP contribution in [0.1, 0.15) is 19.8 Å². The highest BCUT2D eigenvalue weighted by atomic mass is 32.2. The Labute approximate surface area is 159 Å². The number of nitrogens with one attached hydrogen (secondary N) is 1. The van der Waals surface area contributed by atoms with E-state index in [9.17, 15) is 13.2 Å². The van der Waals surface area contributed by atoms with Crippen molar-refractivity contribution in [3.05, 3.63) is 36.7 Å². The molecule has 0 saturated carbocycles. The number of benzene rings is 1. The van der Waals surface area contributed by atoms with Crippen molar-refractivity contribution in [1.82, 2.24) is 14.7 Å². The van der Waals surface area contributed by atoms with Gasteiger partial charge in [-0.05, 0) is 31.9 Å². The lowest BCUT2D eigenvalue weighted by Gasteiger charge is -2.39. The van der Waals surface area contributed by atoms with Crippen LogP contribution in [0.4, 0.5) is 10.5 Å². The molecule has 1 aliphatic rings. The van der Waals surface area contributed by atoms with Gasteiger partial charge in [0.2, 0.25) is 0 Å². The minimum absolute atomic E-state index is 0.179. The van der Waals surface area contributed by atoms with Crippen LogP contribution in [-0.4, -0.2) is 61.2 Å². The number of likely N-dealkylation sites (tertiary alicyclic amines) is 1. The third kappa shape index (κ3) is 4.30. The van der Waals surface area contributed by atoms with E-state index >= 15 is 0 Å². The molecule has 8 nitrogen and oxygen atoms in total. The Hall–Kier alpha value is -2.39. The number of urea groups is 1. The molecule has 3 rings (SSSR count). The van der Waals surface area contributed by atoms with E-state index < -0.39 is 9.84 Å². The molecule has 1 fully saturated rings. The first-order chi connectivity index (χ1) is 12.7. The molecule has 0 bridgehead atoms. The summed E-state index contributed by atoms with van der Waals surface area (Å²) >= 11 is 0. The van der Waals surface area contributed by atoms with Gasteiger partial charge in [-0.3, -0.25) is 0 Å². The SMILES string of the molecule is COC1(C)CCCN(C(=O)Nc2cnn(-c3ccccc3S(C)(=O)=O)c2)C1. The van der Waals surface area contributed by atoms with Crippen molar-refractivity contribution in [2.24, 2.45) is 0 Å². The Balaban J connectivity index is 1.77. The predicted octanol–water partition coefficient (Wildman–Crippen LogP) is 2.31. The lowest BCUT2D eigenvalue weighted by Crippen LogP contribution is -2.50. The normalized spacial score (nSPS) is 20.5. The molecule has 1 saturated heterocycles. The van der Waals surface area contributed by atoms with E-state index in [0.29, 0.717) is 24.5 Å². The van der Waals surface area contributed by atoms with E-state index in [1.165, 1.54) is 16.9 Å². The van der Waals surface area contributed by atoms with E-state index in [1.807, 2.05) is 6.92 Å². The zero-order valence-corrected chi connectivity index (χ0v) is 16.5. The van der Waals surface area contributed by atoms with Crippen molar-refractivity contribution in [3.63, 3.8) is 0 Å². The van der Waals surface area contributed by atoms with E-state index in [0.717, 1.165) is 19.1 Å². The minimum Gasteiger partial charge on any atom is -0.377 e. The van der Waals surface area contributed by atoms with Gasteiger partial charge in [0, 0.05) is 19.9 Å². The first-order valence-electron chi connectivity index (χ1n) is 8.67. The summed E-state index contributed by atoms with van der Waals surface area (Å²) in [6.45, 7) is 3.17. The number of amides is 2. The first kappa shape index (κ1) is 19.4. The second-order valence-electron chi connectivity index (χ2n) is 7.02. The molecule has 1 aromatic carbocycles. The third-order valence-electron chi connectivity index (χ3n) is 4.78. The van der Waals surface area contributed by atoms with Crippen molar-refractivity contribution < 1.29 is 17.9 Å². The van der Waals surface area contributed by atoms with E-state index in [-0.39, 0.29) is 16.5 Å². The van der Waals surface area contributed by atoms with Gasteiger partial charge in [0.15, 0.2) is 9.84 Å². The lowest BCUT2D eigenvalue weighted by atomic mass is 9.95. The fraction of sp³-hybridized carbons (Fsp3) is 0.444. The Morgan fingerprint density at radius 3 is 2.78 bits per heavy atom. The summed E-state index contributed by atoms with van der Waals surface area (Å²) in [7, 11) is -1.74. The van der Waals surface area contributed by atoms with Crippen LogP contribution in [0, 0.1) is 0 Å². The largest absolute Gasteiger partial charge is 0.377 e. The molecule has 1 aromatic heterocycles. The van der Waals surface area contributed by atoms with E-state index in [1.54, 1.807) is 36.4 Å². The van der Waals surface area contributed by atoms with Crippen molar-refractivity contribution in [2.75, 3.05) is 31.8 Å². The molecule has 2 aromatic rings. The van der Waals surface area contributed by atoms with Crippen molar-refractivity contribution >= 4 is 21.6 Å². The number of nitrogens with zero attached hydrogens (tertiary/aromatic N) is 3. The van der Waals surface area contributed by atoms with Gasteiger partial charge in [-0.15, -0.1) is 0 Å². The molecule has 0 radical (unpaired) electrons. The maximum absolute atomic E-state index is 12.6. The van der Waals surface area contributed by atoms with E-state index in [2.05, 4.69) is 10.4 Å². The van der Waals surface area contributed by atoms with Gasteiger partial charge in [0.05, 0.1) is 40.8 Å². The molecule has 0 aliphatic carbocycles. The standard InChI is InChI=1S/C18H24N4O4S/c1-18(26-2)9-6-10-21(13-18)17(23)20-14-11-19-22(12-14)15-7-4-5-8-16(15)27(3,24)25/h4-5,7-8,11-12H,6,9-10,13H2,1-3H3,(H,20,23). The van der Waals surface area contributed by atoms with Gasteiger partial charge >= 0.3 is 6.03 Å². The van der Waals surface area contributed by atoms with Gasteiger partial charge in [-0.2, -0.15) is 5.10 Å². The van der Waals surface area contributed by atoms with Crippen molar-refractivity contribution in [1.29, 1.82) is 0 Å². The van der Waals surface area contributed by atoms with Crippen LogP contribution in [0.15, 0.2) is 41.6 Å². The molecular formula is C18H24N4O4S. The molecule has 1 unspecified atom stereocenters. The van der Waals surface area contributed by atoms with Crippen LogP contribution in [-0.2, 0) is 14.6 Å². The smallest absolute Gasteiger partial charge is 0.322 e. The molecular weight excluding hydrogens is 368 g/mol. The number of ether oxygens (including phenoxy) is 1. The highest BCUT2D eigenvalue weighted by Gasteiger charge is 2.33. The van der Waals surface area contributed by atoms with Crippen LogP contribution >= 0.6 is 0 Å². The zero-order chi connectivity index (χ0) is 19.7. The highest BCUT2D eigenvalue weighted by Crippen LogP contribution is 2.25. The summed E-state index contributed by atoms with van der Waals surface area (Å²) < 4.78 is 30.9. The summed E-state index contributed by atoms with van der Waals surface area (Å²) in [6, 6.07) is 6.38. The molecule has 2 amide bonds. The number of hydrogen-bond acceptors (Lipinski definition) is 5. The second kappa shape index (κ2) is 7.32. The summed E-state index contributed by atoms with van der Waals surface area (Å²) in [5.74, 6) is 0. The Morgan fingerprint density at radius 2 is 2.07 bits per heavy atom. The maximum atomic E-state index is 12.6. The van der Waals surface area contributed by atoms with Gasteiger partial charge < -0.3 is 15.0 Å². The first-order valence-corrected chi connectivity index (χ1v) is 10.6.